The van der Waals surface area contributed by atoms with Crippen molar-refractivity contribution < 1.29 is 23.4 Å². The Morgan fingerprint density at radius 3 is 2.59 bits per heavy atom. The number of aryl methyl sites for hydroxylation is 1. The van der Waals surface area contributed by atoms with Crippen LogP contribution in [0.3, 0.4) is 0 Å². The highest BCUT2D eigenvalue weighted by molar-refractivity contribution is 6.05. The zero-order valence-electron chi connectivity index (χ0n) is 24.5. The van der Waals surface area contributed by atoms with Gasteiger partial charge in [-0.05, 0) is 57.1 Å². The lowest BCUT2D eigenvalue weighted by Gasteiger charge is -2.17. The van der Waals surface area contributed by atoms with E-state index in [2.05, 4.69) is 35.7 Å². The largest absolute Gasteiger partial charge is 0.494 e. The molecular formula is C30H30FN9O4. The summed E-state index contributed by atoms with van der Waals surface area (Å²) in [6.45, 7) is 2.75. The normalized spacial score (nSPS) is 15.5. The second-order valence-corrected chi connectivity index (χ2v) is 10.3. The summed E-state index contributed by atoms with van der Waals surface area (Å²) in [7, 11) is 4.92. The number of nitrogens with one attached hydrogen (secondary N) is 2. The van der Waals surface area contributed by atoms with E-state index in [9.17, 15) is 9.18 Å². The standard InChI is InChI=1S/C30H30FN9O4/c1-17-8-22(26(43-4)12-24(17)44-28-13-27-33-15-36-40(27)16-35-28)37-29-19-10-23(25(42-3)11-21(19)32-14-34-29)38-30(41)20(31)9-18-6-5-7-39(18)2/h8-16,18H,5-7H2,1-4H3,(H,38,41)(H,32,34,37). The van der Waals surface area contributed by atoms with Crippen molar-refractivity contribution in [2.75, 3.05) is 38.4 Å². The van der Waals surface area contributed by atoms with Crippen molar-refractivity contribution in [3.05, 3.63) is 66.8 Å². The molecule has 1 aliphatic rings. The number of aromatic nitrogens is 6. The van der Waals surface area contributed by atoms with E-state index in [1.165, 1.54) is 36.7 Å². The molecule has 1 amide bonds. The Bertz CT molecular complexity index is 1890. The summed E-state index contributed by atoms with van der Waals surface area (Å²) in [5.41, 5.74) is 2.82. The van der Waals surface area contributed by atoms with Crippen LogP contribution in [-0.2, 0) is 4.79 Å². The van der Waals surface area contributed by atoms with Crippen LogP contribution in [0.5, 0.6) is 23.1 Å². The predicted octanol–water partition coefficient (Wildman–Crippen LogP) is 4.82. The van der Waals surface area contributed by atoms with Crippen molar-refractivity contribution in [2.45, 2.75) is 25.8 Å². The van der Waals surface area contributed by atoms with Crippen LogP contribution in [-0.4, -0.2) is 74.2 Å². The van der Waals surface area contributed by atoms with E-state index in [4.69, 9.17) is 14.2 Å². The molecule has 226 valence electrons. The third-order valence-corrected chi connectivity index (χ3v) is 7.45. The van der Waals surface area contributed by atoms with E-state index < -0.39 is 11.7 Å². The first-order chi connectivity index (χ1) is 21.3. The molecule has 0 radical (unpaired) electrons. The monoisotopic (exact) mass is 599 g/mol. The van der Waals surface area contributed by atoms with Gasteiger partial charge in [-0.1, -0.05) is 0 Å². The smallest absolute Gasteiger partial charge is 0.284 e. The third kappa shape index (κ3) is 5.79. The van der Waals surface area contributed by atoms with Crippen LogP contribution in [0, 0.1) is 6.92 Å². The van der Waals surface area contributed by atoms with E-state index in [0.717, 1.165) is 24.9 Å². The SMILES string of the molecule is COc1cc2ncnc(Nc3cc(C)c(Oc4cc5ncnn5cn4)cc3OC)c2cc1NC(=O)C(F)=CC1CCCN1C. The van der Waals surface area contributed by atoms with Crippen molar-refractivity contribution >= 4 is 39.6 Å². The Morgan fingerprint density at radius 1 is 1.00 bits per heavy atom. The van der Waals surface area contributed by atoms with E-state index in [1.807, 2.05) is 24.9 Å². The van der Waals surface area contributed by atoms with Gasteiger partial charge in [0, 0.05) is 29.6 Å². The van der Waals surface area contributed by atoms with Crippen molar-refractivity contribution in [3.8, 4) is 23.1 Å². The number of hydrogen-bond donors (Lipinski definition) is 2. The van der Waals surface area contributed by atoms with E-state index in [0.29, 0.717) is 51.2 Å². The van der Waals surface area contributed by atoms with Gasteiger partial charge in [0.25, 0.3) is 5.91 Å². The average Bonchev–Trinajstić information content (AvgIpc) is 3.66. The summed E-state index contributed by atoms with van der Waals surface area (Å²) in [6.07, 6.45) is 7.48. The lowest BCUT2D eigenvalue weighted by Crippen LogP contribution is -2.24. The number of amides is 1. The van der Waals surface area contributed by atoms with Crippen LogP contribution >= 0.6 is 0 Å². The van der Waals surface area contributed by atoms with Crippen LogP contribution in [0.2, 0.25) is 0 Å². The quantitative estimate of drug-likeness (QED) is 0.225. The summed E-state index contributed by atoms with van der Waals surface area (Å²) in [5.74, 6) is 0.406. The van der Waals surface area contributed by atoms with Crippen LogP contribution in [0.15, 0.2) is 61.2 Å². The number of nitrogens with zero attached hydrogens (tertiary/aromatic N) is 7. The number of hydrogen-bond acceptors (Lipinski definition) is 11. The lowest BCUT2D eigenvalue weighted by molar-refractivity contribution is -0.114. The molecule has 0 aliphatic carbocycles. The van der Waals surface area contributed by atoms with Gasteiger partial charge < -0.3 is 24.8 Å². The van der Waals surface area contributed by atoms with E-state index >= 15 is 0 Å². The molecule has 13 nitrogen and oxygen atoms in total. The highest BCUT2D eigenvalue weighted by Gasteiger charge is 2.22. The third-order valence-electron chi connectivity index (χ3n) is 7.45. The first kappa shape index (κ1) is 28.7. The van der Waals surface area contributed by atoms with Gasteiger partial charge in [-0.15, -0.1) is 0 Å². The molecule has 4 heterocycles. The van der Waals surface area contributed by atoms with E-state index in [1.54, 1.807) is 31.4 Å². The van der Waals surface area contributed by atoms with Crippen LogP contribution in [0.4, 0.5) is 21.6 Å². The molecule has 0 bridgehead atoms. The molecule has 1 atom stereocenters. The van der Waals surface area contributed by atoms with Crippen molar-refractivity contribution in [3.63, 3.8) is 0 Å². The Kier molecular flexibility index (Phi) is 7.89. The van der Waals surface area contributed by atoms with Gasteiger partial charge in [-0.3, -0.25) is 9.69 Å². The Hall–Kier alpha value is -5.37. The molecule has 6 rings (SSSR count). The van der Waals surface area contributed by atoms with Crippen molar-refractivity contribution in [1.82, 2.24) is 34.4 Å². The molecule has 3 aromatic heterocycles. The summed E-state index contributed by atoms with van der Waals surface area (Å²) < 4.78 is 33.6. The van der Waals surface area contributed by atoms with E-state index in [-0.39, 0.29) is 11.7 Å². The fourth-order valence-corrected chi connectivity index (χ4v) is 5.08. The van der Waals surface area contributed by atoms with Crippen LogP contribution < -0.4 is 24.8 Å². The lowest BCUT2D eigenvalue weighted by atomic mass is 10.1. The number of halogens is 1. The predicted molar refractivity (Wildman–Crippen MR) is 161 cm³/mol. The van der Waals surface area contributed by atoms with Gasteiger partial charge in [-0.25, -0.2) is 28.8 Å². The minimum atomic E-state index is -0.861. The highest BCUT2D eigenvalue weighted by atomic mass is 19.1. The first-order valence-electron chi connectivity index (χ1n) is 13.8. The average molecular weight is 600 g/mol. The molecule has 1 aliphatic heterocycles. The zero-order valence-corrected chi connectivity index (χ0v) is 24.5. The molecule has 44 heavy (non-hydrogen) atoms. The Balaban J connectivity index is 1.28. The number of carbonyl (C=O) groups excluding carboxylic acids is 1. The first-order valence-corrected chi connectivity index (χ1v) is 13.8. The number of methoxy groups -OCH3 is 2. The van der Waals surface area contributed by atoms with Gasteiger partial charge in [0.15, 0.2) is 11.5 Å². The van der Waals surface area contributed by atoms with Crippen molar-refractivity contribution in [2.24, 2.45) is 0 Å². The van der Waals surface area contributed by atoms with Crippen LogP contribution in [0.1, 0.15) is 18.4 Å². The maximum Gasteiger partial charge on any atom is 0.284 e. The molecule has 14 heteroatoms. The van der Waals surface area contributed by atoms with Gasteiger partial charge >= 0.3 is 0 Å². The summed E-state index contributed by atoms with van der Waals surface area (Å²) in [6, 6.07) is 8.45. The molecule has 2 N–H and O–H groups in total. The number of fused-ring (bicyclic) bond motifs is 2. The maximum atomic E-state index is 14.9. The number of likely N-dealkylation sites (N-methyl/N-ethyl adjacent to an activating group) is 1. The fourth-order valence-electron chi connectivity index (χ4n) is 5.08. The molecular weight excluding hydrogens is 569 g/mol. The zero-order chi connectivity index (χ0) is 30.8. The molecule has 1 fully saturated rings. The second kappa shape index (κ2) is 12.1. The number of benzene rings is 2. The summed E-state index contributed by atoms with van der Waals surface area (Å²) in [5, 5.41) is 10.5. The summed E-state index contributed by atoms with van der Waals surface area (Å²) in [4.78, 5) is 32.0. The van der Waals surface area contributed by atoms with Crippen molar-refractivity contribution in [1.29, 1.82) is 0 Å². The molecule has 0 saturated carbocycles. The summed E-state index contributed by atoms with van der Waals surface area (Å²) >= 11 is 0. The minimum Gasteiger partial charge on any atom is -0.494 e. The molecule has 0 spiro atoms. The van der Waals surface area contributed by atoms with Gasteiger partial charge in [0.1, 0.15) is 42.0 Å². The fraction of sp³-hybridized carbons (Fsp3) is 0.267. The maximum absolute atomic E-state index is 14.9. The molecule has 1 saturated heterocycles. The number of anilines is 3. The minimum absolute atomic E-state index is 0.118. The van der Waals surface area contributed by atoms with Crippen LogP contribution in [0.25, 0.3) is 16.6 Å². The Morgan fingerprint density at radius 2 is 1.82 bits per heavy atom. The van der Waals surface area contributed by atoms with Gasteiger partial charge in [-0.2, -0.15) is 5.10 Å². The van der Waals surface area contributed by atoms with Gasteiger partial charge in [0.05, 0.1) is 31.1 Å². The molecule has 1 unspecified atom stereocenters. The number of likely N-dealkylation sites (tertiary alicyclic amines) is 1. The number of ether oxygens (including phenoxy) is 3. The van der Waals surface area contributed by atoms with Gasteiger partial charge in [0.2, 0.25) is 5.88 Å². The number of rotatable bonds is 9. The second-order valence-electron chi connectivity index (χ2n) is 10.3. The molecule has 2 aromatic carbocycles. The topological polar surface area (TPSA) is 141 Å². The molecule has 5 aromatic rings. The Labute approximate surface area is 251 Å². The highest BCUT2D eigenvalue weighted by Crippen LogP contribution is 2.38. The number of carbonyl (C=O) groups is 1.